The first kappa shape index (κ1) is 31.8. The van der Waals surface area contributed by atoms with Crippen LogP contribution < -0.4 is 0 Å². The van der Waals surface area contributed by atoms with E-state index in [1.807, 2.05) is 26.1 Å². The van der Waals surface area contributed by atoms with Gasteiger partial charge in [0.15, 0.2) is 0 Å². The van der Waals surface area contributed by atoms with Crippen LogP contribution in [0.2, 0.25) is 0 Å². The minimum Gasteiger partial charge on any atom is -0.469 e. The predicted molar refractivity (Wildman–Crippen MR) is 159 cm³/mol. The van der Waals surface area contributed by atoms with E-state index in [1.165, 1.54) is 25.5 Å². The molecule has 0 aliphatic heterocycles. The third-order valence-corrected chi connectivity index (χ3v) is 10.7. The Morgan fingerprint density at radius 3 is 1.57 bits per heavy atom. The van der Waals surface area contributed by atoms with Crippen LogP contribution in [0.25, 0.3) is 0 Å². The van der Waals surface area contributed by atoms with Gasteiger partial charge in [0.2, 0.25) is 0 Å². The van der Waals surface area contributed by atoms with Crippen LogP contribution in [0.4, 0.5) is 0 Å². The monoisotopic (exact) mass is 550 g/mol. The number of hydrogen-bond donors (Lipinski definition) is 0. The van der Waals surface area contributed by atoms with Gasteiger partial charge in [-0.1, -0.05) is 20.9 Å². The highest BCUT2D eigenvalue weighted by molar-refractivity contribution is 5.78. The predicted octanol–water partition coefficient (Wildman–Crippen LogP) is 7.58. The van der Waals surface area contributed by atoms with E-state index < -0.39 is 0 Å². The highest BCUT2D eigenvalue weighted by Crippen LogP contribution is 2.59. The molecule has 4 bridgehead atoms. The molecule has 6 nitrogen and oxygen atoms in total. The summed E-state index contributed by atoms with van der Waals surface area (Å²) in [7, 11) is 3.02. The SMILES string of the molecule is C.C.COC(=O)C12CCC(c3cccc(C)n3)(CC1)CC2.COC(=O)C12CCC(c3ccnc(C)c3)(CC1)CC2. The highest BCUT2D eigenvalue weighted by Gasteiger charge is 2.55. The van der Waals surface area contributed by atoms with Gasteiger partial charge in [0.05, 0.1) is 25.0 Å². The van der Waals surface area contributed by atoms with E-state index in [1.54, 1.807) is 0 Å². The van der Waals surface area contributed by atoms with Gasteiger partial charge in [0.25, 0.3) is 0 Å². The molecule has 0 atom stereocenters. The summed E-state index contributed by atoms with van der Waals surface area (Å²) in [6, 6.07) is 10.7. The first-order valence-electron chi connectivity index (χ1n) is 14.2. The summed E-state index contributed by atoms with van der Waals surface area (Å²) in [6.45, 7) is 4.09. The highest BCUT2D eigenvalue weighted by atomic mass is 16.5. The van der Waals surface area contributed by atoms with E-state index in [4.69, 9.17) is 14.5 Å². The molecule has 40 heavy (non-hydrogen) atoms. The number of nitrogens with zero attached hydrogens (tertiary/aromatic N) is 2. The van der Waals surface area contributed by atoms with Crippen LogP contribution in [0.5, 0.6) is 0 Å². The van der Waals surface area contributed by atoms with Crippen molar-refractivity contribution in [3.8, 4) is 0 Å². The summed E-state index contributed by atoms with van der Waals surface area (Å²) >= 11 is 0. The van der Waals surface area contributed by atoms with Crippen molar-refractivity contribution in [1.29, 1.82) is 0 Å². The van der Waals surface area contributed by atoms with E-state index in [0.717, 1.165) is 88.4 Å². The van der Waals surface area contributed by atoms with Crippen molar-refractivity contribution >= 4 is 11.9 Å². The average Bonchev–Trinajstić information content (AvgIpc) is 2.98. The van der Waals surface area contributed by atoms with Gasteiger partial charge < -0.3 is 9.47 Å². The Balaban J connectivity index is 0.000000210. The number of aromatic nitrogens is 2. The lowest BCUT2D eigenvalue weighted by molar-refractivity contribution is -0.161. The second-order valence-corrected chi connectivity index (χ2v) is 12.5. The van der Waals surface area contributed by atoms with Gasteiger partial charge in [0.1, 0.15) is 0 Å². The van der Waals surface area contributed by atoms with Crippen LogP contribution in [0.15, 0.2) is 36.5 Å². The first-order chi connectivity index (χ1) is 18.2. The Labute approximate surface area is 241 Å². The van der Waals surface area contributed by atoms with Crippen LogP contribution in [0.1, 0.15) is 115 Å². The number of rotatable bonds is 4. The molecule has 6 aliphatic rings. The van der Waals surface area contributed by atoms with Crippen molar-refractivity contribution in [3.05, 3.63) is 59.2 Å². The molecule has 2 heterocycles. The molecule has 0 N–H and O–H groups in total. The summed E-state index contributed by atoms with van der Waals surface area (Å²) in [6.07, 6.45) is 14.2. The molecule has 0 unspecified atom stereocenters. The van der Waals surface area contributed by atoms with Crippen molar-refractivity contribution in [3.63, 3.8) is 0 Å². The number of fused-ring (bicyclic) bond motifs is 6. The van der Waals surface area contributed by atoms with Crippen LogP contribution in [0.3, 0.4) is 0 Å². The van der Waals surface area contributed by atoms with Crippen molar-refractivity contribution in [2.24, 2.45) is 10.8 Å². The topological polar surface area (TPSA) is 78.4 Å². The lowest BCUT2D eigenvalue weighted by Crippen LogP contribution is -2.48. The molecule has 6 heteroatoms. The molecule has 8 rings (SSSR count). The zero-order valence-corrected chi connectivity index (χ0v) is 23.5. The van der Waals surface area contributed by atoms with E-state index in [2.05, 4.69) is 29.2 Å². The van der Waals surface area contributed by atoms with Gasteiger partial charge >= 0.3 is 11.9 Å². The fourth-order valence-electron chi connectivity index (χ4n) is 7.95. The van der Waals surface area contributed by atoms with Gasteiger partial charge in [-0.3, -0.25) is 19.6 Å². The molecule has 2 aromatic rings. The molecular formula is C34H50N2O4. The minimum atomic E-state index is -0.194. The fourth-order valence-corrected chi connectivity index (χ4v) is 7.95. The number of carbonyl (C=O) groups is 2. The molecule has 2 aromatic heterocycles. The van der Waals surface area contributed by atoms with Crippen LogP contribution in [-0.2, 0) is 29.9 Å². The Morgan fingerprint density at radius 2 is 1.15 bits per heavy atom. The lowest BCUT2D eigenvalue weighted by Gasteiger charge is -2.52. The van der Waals surface area contributed by atoms with E-state index in [-0.39, 0.29) is 48.5 Å². The molecule has 0 amide bonds. The third-order valence-electron chi connectivity index (χ3n) is 10.7. The maximum absolute atomic E-state index is 12.0. The smallest absolute Gasteiger partial charge is 0.311 e. The number of carbonyl (C=O) groups excluding carboxylic acids is 2. The number of aryl methyl sites for hydroxylation is 2. The Morgan fingerprint density at radius 1 is 0.675 bits per heavy atom. The van der Waals surface area contributed by atoms with Gasteiger partial charge in [-0.05, 0) is 126 Å². The Bertz CT molecular complexity index is 1060. The van der Waals surface area contributed by atoms with E-state index >= 15 is 0 Å². The fraction of sp³-hybridized carbons (Fsp3) is 0.647. The maximum Gasteiger partial charge on any atom is 0.311 e. The van der Waals surface area contributed by atoms with Crippen molar-refractivity contribution in [1.82, 2.24) is 9.97 Å². The van der Waals surface area contributed by atoms with Crippen LogP contribution >= 0.6 is 0 Å². The van der Waals surface area contributed by atoms with E-state index in [9.17, 15) is 9.59 Å². The summed E-state index contributed by atoms with van der Waals surface area (Å²) in [5.41, 5.74) is 4.93. The zero-order chi connectivity index (χ0) is 27.0. The standard InChI is InChI=1S/2C16H21NO2.2CH4/c1-12-11-13(3-10-17-12)15-4-7-16(8-5-15,9-6-15)14(18)19-2;1-12-4-3-5-13(17-12)15-6-9-16(10-7-15,11-8-15)14(18)19-2;;/h3,10-11H,4-9H2,1-2H3;3-5H,6-11H2,1-2H3;2*1H4. The van der Waals surface area contributed by atoms with Gasteiger partial charge in [-0.2, -0.15) is 0 Å². The molecule has 6 aliphatic carbocycles. The Kier molecular flexibility index (Phi) is 9.53. The molecule has 0 spiro atoms. The quantitative estimate of drug-likeness (QED) is 0.365. The zero-order valence-electron chi connectivity index (χ0n) is 23.5. The molecule has 6 fully saturated rings. The second-order valence-electron chi connectivity index (χ2n) is 12.5. The minimum absolute atomic E-state index is 0. The second kappa shape index (κ2) is 12.0. The first-order valence-corrected chi connectivity index (χ1v) is 14.2. The summed E-state index contributed by atoms with van der Waals surface area (Å²) in [4.78, 5) is 33.0. The summed E-state index contributed by atoms with van der Waals surface area (Å²) in [5, 5.41) is 0. The largest absolute Gasteiger partial charge is 0.469 e. The van der Waals surface area contributed by atoms with Crippen LogP contribution in [0, 0.1) is 24.7 Å². The molecule has 0 aromatic carbocycles. The maximum atomic E-state index is 12.0. The molecule has 6 saturated carbocycles. The van der Waals surface area contributed by atoms with Crippen molar-refractivity contribution in [2.75, 3.05) is 14.2 Å². The third kappa shape index (κ3) is 5.43. The number of esters is 2. The average molecular weight is 551 g/mol. The van der Waals surface area contributed by atoms with Crippen molar-refractivity contribution < 1.29 is 19.1 Å². The normalized spacial score (nSPS) is 31.5. The van der Waals surface area contributed by atoms with Gasteiger partial charge in [-0.25, -0.2) is 0 Å². The van der Waals surface area contributed by atoms with Gasteiger partial charge in [-0.15, -0.1) is 0 Å². The van der Waals surface area contributed by atoms with Crippen molar-refractivity contribution in [2.45, 2.75) is 117 Å². The van der Waals surface area contributed by atoms with Gasteiger partial charge in [0, 0.05) is 28.7 Å². The number of ether oxygens (including phenoxy) is 2. The molecule has 0 radical (unpaired) electrons. The molecule has 0 saturated heterocycles. The summed E-state index contributed by atoms with van der Waals surface area (Å²) < 4.78 is 10.0. The van der Waals surface area contributed by atoms with E-state index in [0.29, 0.717) is 0 Å². The van der Waals surface area contributed by atoms with Crippen LogP contribution in [-0.4, -0.2) is 36.1 Å². The number of hydrogen-bond acceptors (Lipinski definition) is 6. The Hall–Kier alpha value is -2.76. The number of pyridine rings is 2. The molecule has 220 valence electrons. The lowest BCUT2D eigenvalue weighted by atomic mass is 9.52. The number of methoxy groups -OCH3 is 2. The summed E-state index contributed by atoms with van der Waals surface area (Å²) in [5.74, 6) is 0.00436. The molecular weight excluding hydrogens is 500 g/mol.